The van der Waals surface area contributed by atoms with Crippen molar-refractivity contribution in [2.24, 2.45) is 0 Å². The fraction of sp³-hybridized carbons (Fsp3) is 1.00. The first-order chi connectivity index (χ1) is 3.63. The van der Waals surface area contributed by atoms with Gasteiger partial charge >= 0.3 is 0 Å². The second-order valence-electron chi connectivity index (χ2n) is 2.30. The van der Waals surface area contributed by atoms with Gasteiger partial charge in [-0.2, -0.15) is 0 Å². The van der Waals surface area contributed by atoms with Crippen LogP contribution >= 0.6 is 0 Å². The smallest absolute Gasteiger partial charge is 0.224 e. The van der Waals surface area contributed by atoms with Crippen molar-refractivity contribution in [3.05, 3.63) is 0 Å². The highest BCUT2D eigenvalue weighted by atomic mass is 16.5. The summed E-state index contributed by atoms with van der Waals surface area (Å²) in [7, 11) is 1.70. The van der Waals surface area contributed by atoms with Crippen LogP contribution in [0, 0.1) is 0 Å². The number of hydrogen-bond acceptors (Lipinski definition) is 3. The molecule has 0 aromatic heterocycles. The maximum Gasteiger partial charge on any atom is 0.224 e. The zero-order chi connectivity index (χ0) is 6.20. The molecule has 1 saturated heterocycles. The summed E-state index contributed by atoms with van der Waals surface area (Å²) in [5.41, 5.74) is 0. The molecule has 3 nitrogen and oxygen atoms in total. The Morgan fingerprint density at radius 2 is 2.12 bits per heavy atom. The molecule has 0 bridgehead atoms. The highest BCUT2D eigenvalue weighted by molar-refractivity contribution is 4.72. The van der Waals surface area contributed by atoms with E-state index >= 15 is 0 Å². The highest BCUT2D eigenvalue weighted by Gasteiger charge is 2.33. The Kier molecular flexibility index (Phi) is 1.27. The molecular formula is C5H11NO2. The van der Waals surface area contributed by atoms with Gasteiger partial charge in [0, 0.05) is 13.0 Å². The first-order valence-corrected chi connectivity index (χ1v) is 2.79. The van der Waals surface area contributed by atoms with Gasteiger partial charge < -0.3 is 10.2 Å². The minimum Gasteiger partial charge on any atom is -0.353 e. The lowest BCUT2D eigenvalue weighted by molar-refractivity contribution is -0.236. The summed E-state index contributed by atoms with van der Waals surface area (Å²) < 4.78 is 0. The second kappa shape index (κ2) is 1.69. The molecule has 0 aromatic carbocycles. The molecule has 0 saturated carbocycles. The second-order valence-corrected chi connectivity index (χ2v) is 2.30. The van der Waals surface area contributed by atoms with Gasteiger partial charge in [0.2, 0.25) is 5.91 Å². The van der Waals surface area contributed by atoms with Crippen molar-refractivity contribution >= 4 is 0 Å². The van der Waals surface area contributed by atoms with Crippen molar-refractivity contribution in [3.63, 3.8) is 0 Å². The predicted molar refractivity (Wildman–Crippen MR) is 29.0 cm³/mol. The lowest BCUT2D eigenvalue weighted by Gasteiger charge is -2.22. The van der Waals surface area contributed by atoms with E-state index in [0.717, 1.165) is 13.0 Å². The number of aliphatic hydroxyl groups is 2. The van der Waals surface area contributed by atoms with Crippen molar-refractivity contribution in [3.8, 4) is 0 Å². The molecule has 0 aromatic rings. The topological polar surface area (TPSA) is 43.7 Å². The molecule has 1 heterocycles. The molecular weight excluding hydrogens is 106 g/mol. The summed E-state index contributed by atoms with van der Waals surface area (Å²) in [6.07, 6.45) is 1.35. The van der Waals surface area contributed by atoms with Crippen LogP contribution in [-0.4, -0.2) is 34.6 Å². The number of hydrogen-bond donors (Lipinski definition) is 2. The lowest BCUT2D eigenvalue weighted by Crippen LogP contribution is -2.40. The Morgan fingerprint density at radius 1 is 1.50 bits per heavy atom. The van der Waals surface area contributed by atoms with E-state index < -0.39 is 5.91 Å². The predicted octanol–water partition coefficient (Wildman–Crippen LogP) is -0.650. The summed E-state index contributed by atoms with van der Waals surface area (Å²) in [5.74, 6) is -1.51. The quantitative estimate of drug-likeness (QED) is 0.414. The van der Waals surface area contributed by atoms with E-state index in [9.17, 15) is 0 Å². The van der Waals surface area contributed by atoms with Crippen LogP contribution in [0.1, 0.15) is 12.8 Å². The molecule has 8 heavy (non-hydrogen) atoms. The minimum absolute atomic E-state index is 0.476. The zero-order valence-electron chi connectivity index (χ0n) is 4.96. The Balaban J connectivity index is 2.54. The summed E-state index contributed by atoms with van der Waals surface area (Å²) in [6.45, 7) is 0.785. The summed E-state index contributed by atoms with van der Waals surface area (Å²) in [4.78, 5) is 1.53. The normalized spacial score (nSPS) is 28.9. The molecule has 1 fully saturated rings. The van der Waals surface area contributed by atoms with Gasteiger partial charge in [-0.3, -0.25) is 4.90 Å². The summed E-state index contributed by atoms with van der Waals surface area (Å²) in [6, 6.07) is 0. The Hall–Kier alpha value is -0.120. The molecule has 0 unspecified atom stereocenters. The molecule has 1 aliphatic rings. The first-order valence-electron chi connectivity index (χ1n) is 2.79. The van der Waals surface area contributed by atoms with Gasteiger partial charge in [0.25, 0.3) is 0 Å². The van der Waals surface area contributed by atoms with E-state index in [0.29, 0.717) is 6.42 Å². The molecule has 1 rings (SSSR count). The van der Waals surface area contributed by atoms with Gasteiger partial charge in [-0.15, -0.1) is 0 Å². The number of likely N-dealkylation sites (tertiary alicyclic amines) is 1. The van der Waals surface area contributed by atoms with E-state index in [1.54, 1.807) is 7.05 Å². The molecule has 0 amide bonds. The summed E-state index contributed by atoms with van der Waals surface area (Å²) >= 11 is 0. The van der Waals surface area contributed by atoms with Gasteiger partial charge in [-0.1, -0.05) is 0 Å². The van der Waals surface area contributed by atoms with E-state index in [4.69, 9.17) is 10.2 Å². The van der Waals surface area contributed by atoms with Crippen LogP contribution in [0.25, 0.3) is 0 Å². The number of nitrogens with zero attached hydrogens (tertiary/aromatic N) is 1. The Morgan fingerprint density at radius 3 is 2.25 bits per heavy atom. The molecule has 1 aliphatic heterocycles. The molecule has 0 spiro atoms. The van der Waals surface area contributed by atoms with E-state index in [2.05, 4.69) is 0 Å². The fourth-order valence-corrected chi connectivity index (χ4v) is 0.923. The minimum atomic E-state index is -1.51. The molecule has 0 atom stereocenters. The Bertz CT molecular complexity index is 92.4. The lowest BCUT2D eigenvalue weighted by atomic mass is 10.3. The maximum atomic E-state index is 8.94. The van der Waals surface area contributed by atoms with Crippen LogP contribution in [0.3, 0.4) is 0 Å². The van der Waals surface area contributed by atoms with E-state index in [1.165, 1.54) is 4.90 Å². The van der Waals surface area contributed by atoms with Gasteiger partial charge in [-0.25, -0.2) is 0 Å². The fourth-order valence-electron chi connectivity index (χ4n) is 0.923. The van der Waals surface area contributed by atoms with Crippen LogP contribution in [-0.2, 0) is 0 Å². The van der Waals surface area contributed by atoms with Gasteiger partial charge in [0.15, 0.2) is 0 Å². The average molecular weight is 117 g/mol. The number of rotatable bonds is 0. The van der Waals surface area contributed by atoms with Crippen LogP contribution in [0.15, 0.2) is 0 Å². The maximum absolute atomic E-state index is 8.94. The van der Waals surface area contributed by atoms with E-state index in [-0.39, 0.29) is 0 Å². The van der Waals surface area contributed by atoms with Crippen molar-refractivity contribution < 1.29 is 10.2 Å². The van der Waals surface area contributed by atoms with Crippen molar-refractivity contribution in [2.75, 3.05) is 13.6 Å². The Labute approximate surface area is 48.5 Å². The van der Waals surface area contributed by atoms with Gasteiger partial charge in [-0.05, 0) is 13.5 Å². The SMILES string of the molecule is CN1CCCC1(O)O. The van der Waals surface area contributed by atoms with Crippen molar-refractivity contribution in [2.45, 2.75) is 18.8 Å². The van der Waals surface area contributed by atoms with Crippen LogP contribution in [0.4, 0.5) is 0 Å². The molecule has 0 aliphatic carbocycles. The van der Waals surface area contributed by atoms with Crippen LogP contribution in [0.5, 0.6) is 0 Å². The third-order valence-electron chi connectivity index (χ3n) is 1.62. The van der Waals surface area contributed by atoms with Crippen LogP contribution < -0.4 is 0 Å². The monoisotopic (exact) mass is 117 g/mol. The molecule has 2 N–H and O–H groups in total. The van der Waals surface area contributed by atoms with E-state index in [1.807, 2.05) is 0 Å². The third kappa shape index (κ3) is 0.844. The van der Waals surface area contributed by atoms with Crippen molar-refractivity contribution in [1.82, 2.24) is 4.90 Å². The highest BCUT2D eigenvalue weighted by Crippen LogP contribution is 2.20. The molecule has 0 radical (unpaired) electrons. The first kappa shape index (κ1) is 6.01. The van der Waals surface area contributed by atoms with Gasteiger partial charge in [0.05, 0.1) is 0 Å². The van der Waals surface area contributed by atoms with Crippen LogP contribution in [0.2, 0.25) is 0 Å². The van der Waals surface area contributed by atoms with Gasteiger partial charge in [0.1, 0.15) is 0 Å². The molecule has 3 heteroatoms. The largest absolute Gasteiger partial charge is 0.353 e. The summed E-state index contributed by atoms with van der Waals surface area (Å²) in [5, 5.41) is 17.9. The third-order valence-corrected chi connectivity index (χ3v) is 1.62. The average Bonchev–Trinajstić information content (AvgIpc) is 1.86. The standard InChI is InChI=1S/C5H11NO2/c1-6-4-2-3-5(6,7)8/h7-8H,2-4H2,1H3. The zero-order valence-corrected chi connectivity index (χ0v) is 4.96. The van der Waals surface area contributed by atoms with Crippen molar-refractivity contribution in [1.29, 1.82) is 0 Å². The molecule has 48 valence electrons.